The van der Waals surface area contributed by atoms with Gasteiger partial charge in [-0.3, -0.25) is 4.79 Å². The van der Waals surface area contributed by atoms with E-state index in [0.717, 1.165) is 11.3 Å². The van der Waals surface area contributed by atoms with Crippen LogP contribution in [0.4, 0.5) is 5.69 Å². The lowest BCUT2D eigenvalue weighted by Gasteiger charge is -2.12. The molecule has 2 rings (SSSR count). The molecule has 0 saturated heterocycles. The second-order valence-electron chi connectivity index (χ2n) is 4.73. The molecule has 2 aromatic rings. The Hall–Kier alpha value is -2.53. The molecule has 2 N–H and O–H groups in total. The standard InChI is InChI=1S/C17H19NO4/c1-13-5-4-6-14(11-13)18-17(20)12-22-16-8-3-2-7-15(16)21-10-9-19/h2-8,11,19H,9-10,12H2,1H3,(H,18,20). The average Bonchev–Trinajstić information content (AvgIpc) is 2.51. The number of hydrogen-bond donors (Lipinski definition) is 2. The van der Waals surface area contributed by atoms with Crippen molar-refractivity contribution >= 4 is 11.6 Å². The summed E-state index contributed by atoms with van der Waals surface area (Å²) in [5.41, 5.74) is 1.81. The van der Waals surface area contributed by atoms with E-state index < -0.39 is 0 Å². The zero-order chi connectivity index (χ0) is 15.8. The summed E-state index contributed by atoms with van der Waals surface area (Å²) >= 11 is 0. The monoisotopic (exact) mass is 301 g/mol. The topological polar surface area (TPSA) is 67.8 Å². The Morgan fingerprint density at radius 2 is 1.82 bits per heavy atom. The highest BCUT2D eigenvalue weighted by Gasteiger charge is 2.08. The Bertz CT molecular complexity index is 628. The third-order valence-corrected chi connectivity index (χ3v) is 2.86. The van der Waals surface area contributed by atoms with Gasteiger partial charge in [0.1, 0.15) is 6.61 Å². The molecule has 0 bridgehead atoms. The summed E-state index contributed by atoms with van der Waals surface area (Å²) < 4.78 is 10.8. The van der Waals surface area contributed by atoms with Crippen LogP contribution in [0.3, 0.4) is 0 Å². The minimum atomic E-state index is -0.248. The minimum absolute atomic E-state index is 0.0812. The van der Waals surface area contributed by atoms with Crippen molar-refractivity contribution in [3.05, 3.63) is 54.1 Å². The summed E-state index contributed by atoms with van der Waals surface area (Å²) in [5.74, 6) is 0.720. The average molecular weight is 301 g/mol. The van der Waals surface area contributed by atoms with Crippen LogP contribution in [-0.2, 0) is 4.79 Å². The molecular formula is C17H19NO4. The van der Waals surface area contributed by atoms with Gasteiger partial charge in [-0.15, -0.1) is 0 Å². The third-order valence-electron chi connectivity index (χ3n) is 2.86. The Morgan fingerprint density at radius 1 is 1.09 bits per heavy atom. The fraction of sp³-hybridized carbons (Fsp3) is 0.235. The number of aryl methyl sites for hydroxylation is 1. The lowest BCUT2D eigenvalue weighted by molar-refractivity contribution is -0.118. The molecule has 0 atom stereocenters. The smallest absolute Gasteiger partial charge is 0.262 e. The van der Waals surface area contributed by atoms with E-state index in [2.05, 4.69) is 5.32 Å². The van der Waals surface area contributed by atoms with Gasteiger partial charge in [0, 0.05) is 5.69 Å². The SMILES string of the molecule is Cc1cccc(NC(=O)COc2ccccc2OCCO)c1. The van der Waals surface area contributed by atoms with Crippen molar-refractivity contribution in [1.82, 2.24) is 0 Å². The van der Waals surface area contributed by atoms with Crippen LogP contribution in [0.1, 0.15) is 5.56 Å². The predicted molar refractivity (Wildman–Crippen MR) is 84.3 cm³/mol. The lowest BCUT2D eigenvalue weighted by Crippen LogP contribution is -2.20. The summed E-state index contributed by atoms with van der Waals surface area (Å²) in [5, 5.41) is 11.6. The van der Waals surface area contributed by atoms with Gasteiger partial charge in [0.15, 0.2) is 18.1 Å². The number of para-hydroxylation sites is 2. The maximum absolute atomic E-state index is 11.9. The first-order valence-electron chi connectivity index (χ1n) is 7.01. The molecule has 0 aliphatic heterocycles. The highest BCUT2D eigenvalue weighted by molar-refractivity contribution is 5.91. The van der Waals surface area contributed by atoms with Crippen LogP contribution in [0.2, 0.25) is 0 Å². The zero-order valence-corrected chi connectivity index (χ0v) is 12.4. The van der Waals surface area contributed by atoms with Gasteiger partial charge in [0.2, 0.25) is 0 Å². The first-order chi connectivity index (χ1) is 10.7. The summed E-state index contributed by atoms with van der Waals surface area (Å²) in [4.78, 5) is 11.9. The van der Waals surface area contributed by atoms with E-state index in [0.29, 0.717) is 11.5 Å². The van der Waals surface area contributed by atoms with E-state index in [1.54, 1.807) is 24.3 Å². The van der Waals surface area contributed by atoms with Crippen molar-refractivity contribution < 1.29 is 19.4 Å². The molecule has 0 aliphatic rings. The molecule has 0 unspecified atom stereocenters. The van der Waals surface area contributed by atoms with Crippen molar-refractivity contribution in [1.29, 1.82) is 0 Å². The van der Waals surface area contributed by atoms with Crippen LogP contribution >= 0.6 is 0 Å². The van der Waals surface area contributed by atoms with Gasteiger partial charge >= 0.3 is 0 Å². The quantitative estimate of drug-likeness (QED) is 0.824. The van der Waals surface area contributed by atoms with Crippen LogP contribution in [0.25, 0.3) is 0 Å². The fourth-order valence-electron chi connectivity index (χ4n) is 1.91. The number of amides is 1. The molecule has 116 valence electrons. The number of aliphatic hydroxyl groups is 1. The van der Waals surface area contributed by atoms with Crippen molar-refractivity contribution in [3.63, 3.8) is 0 Å². The molecule has 0 saturated carbocycles. The van der Waals surface area contributed by atoms with Crippen molar-refractivity contribution in [2.45, 2.75) is 6.92 Å². The summed E-state index contributed by atoms with van der Waals surface area (Å²) in [6, 6.07) is 14.6. The Kier molecular flexibility index (Phi) is 5.80. The molecule has 2 aromatic carbocycles. The highest BCUT2D eigenvalue weighted by atomic mass is 16.5. The first-order valence-corrected chi connectivity index (χ1v) is 7.01. The van der Waals surface area contributed by atoms with E-state index in [-0.39, 0.29) is 25.7 Å². The molecule has 0 aliphatic carbocycles. The van der Waals surface area contributed by atoms with Crippen LogP contribution in [0, 0.1) is 6.92 Å². The van der Waals surface area contributed by atoms with Crippen molar-refractivity contribution in [2.24, 2.45) is 0 Å². The van der Waals surface area contributed by atoms with Gasteiger partial charge in [-0.2, -0.15) is 0 Å². The second-order valence-corrected chi connectivity index (χ2v) is 4.73. The number of carbonyl (C=O) groups excluding carboxylic acids is 1. The molecule has 0 spiro atoms. The van der Waals surface area contributed by atoms with E-state index in [9.17, 15) is 4.79 Å². The highest BCUT2D eigenvalue weighted by Crippen LogP contribution is 2.26. The first kappa shape index (κ1) is 15.9. The normalized spacial score (nSPS) is 10.1. The minimum Gasteiger partial charge on any atom is -0.487 e. The molecule has 5 nitrogen and oxygen atoms in total. The van der Waals surface area contributed by atoms with E-state index in [1.165, 1.54) is 0 Å². The predicted octanol–water partition coefficient (Wildman–Crippen LogP) is 2.38. The Balaban J connectivity index is 1.91. The number of aliphatic hydroxyl groups excluding tert-OH is 1. The Morgan fingerprint density at radius 3 is 2.50 bits per heavy atom. The lowest BCUT2D eigenvalue weighted by atomic mass is 10.2. The summed E-state index contributed by atoms with van der Waals surface area (Å²) in [6.07, 6.45) is 0. The number of benzene rings is 2. The Labute approximate surface area is 129 Å². The molecule has 0 aromatic heterocycles. The molecule has 0 radical (unpaired) electrons. The van der Waals surface area contributed by atoms with Crippen LogP contribution in [0.15, 0.2) is 48.5 Å². The number of carbonyl (C=O) groups is 1. The van der Waals surface area contributed by atoms with Gasteiger partial charge in [0.25, 0.3) is 5.91 Å². The van der Waals surface area contributed by atoms with Crippen LogP contribution < -0.4 is 14.8 Å². The van der Waals surface area contributed by atoms with Crippen LogP contribution in [0.5, 0.6) is 11.5 Å². The number of anilines is 1. The van der Waals surface area contributed by atoms with Gasteiger partial charge in [0.05, 0.1) is 6.61 Å². The summed E-state index contributed by atoms with van der Waals surface area (Å²) in [7, 11) is 0. The van der Waals surface area contributed by atoms with E-state index in [1.807, 2.05) is 31.2 Å². The fourth-order valence-corrected chi connectivity index (χ4v) is 1.91. The van der Waals surface area contributed by atoms with Gasteiger partial charge in [-0.1, -0.05) is 24.3 Å². The largest absolute Gasteiger partial charge is 0.487 e. The number of nitrogens with one attached hydrogen (secondary N) is 1. The van der Waals surface area contributed by atoms with Crippen molar-refractivity contribution in [2.75, 3.05) is 25.1 Å². The molecule has 22 heavy (non-hydrogen) atoms. The summed E-state index contributed by atoms with van der Waals surface area (Å²) in [6.45, 7) is 1.94. The van der Waals surface area contributed by atoms with Gasteiger partial charge < -0.3 is 19.9 Å². The number of ether oxygens (including phenoxy) is 2. The molecule has 5 heteroatoms. The number of hydrogen-bond acceptors (Lipinski definition) is 4. The van der Waals surface area contributed by atoms with Crippen molar-refractivity contribution in [3.8, 4) is 11.5 Å². The number of rotatable bonds is 7. The van der Waals surface area contributed by atoms with E-state index in [4.69, 9.17) is 14.6 Å². The molecule has 1 amide bonds. The second kappa shape index (κ2) is 8.05. The van der Waals surface area contributed by atoms with E-state index >= 15 is 0 Å². The molecular weight excluding hydrogens is 282 g/mol. The maximum Gasteiger partial charge on any atom is 0.262 e. The van der Waals surface area contributed by atoms with Gasteiger partial charge in [-0.05, 0) is 36.8 Å². The van der Waals surface area contributed by atoms with Gasteiger partial charge in [-0.25, -0.2) is 0 Å². The zero-order valence-electron chi connectivity index (χ0n) is 12.4. The molecule has 0 heterocycles. The third kappa shape index (κ3) is 4.79. The molecule has 0 fully saturated rings. The maximum atomic E-state index is 11.9. The van der Waals surface area contributed by atoms with Crippen LogP contribution in [-0.4, -0.2) is 30.8 Å².